The monoisotopic (exact) mass is 342 g/mol. The van der Waals surface area contributed by atoms with E-state index >= 15 is 0 Å². The molecular weight excluding hydrogens is 328 g/mol. The largest absolute Gasteiger partial charge is 0.496 e. The summed E-state index contributed by atoms with van der Waals surface area (Å²) in [6.45, 7) is 0.761. The first-order chi connectivity index (χ1) is 10.3. The van der Waals surface area contributed by atoms with E-state index in [0.29, 0.717) is 0 Å². The van der Waals surface area contributed by atoms with Crippen LogP contribution in [0.2, 0.25) is 0 Å². The van der Waals surface area contributed by atoms with Crippen LogP contribution in [0.5, 0.6) is 5.75 Å². The van der Waals surface area contributed by atoms with Gasteiger partial charge in [0.25, 0.3) is 0 Å². The predicted molar refractivity (Wildman–Crippen MR) is 87.5 cm³/mol. The van der Waals surface area contributed by atoms with E-state index in [1.54, 1.807) is 7.11 Å². The smallest absolute Gasteiger partial charge is 0.128 e. The Hall–Kier alpha value is -2.07. The Balaban J connectivity index is 1.90. The highest BCUT2D eigenvalue weighted by atomic mass is 79.9. The molecule has 0 N–H and O–H groups in total. The Morgan fingerprint density at radius 1 is 1.10 bits per heavy atom. The van der Waals surface area contributed by atoms with Crippen LogP contribution in [-0.2, 0) is 6.54 Å². The highest BCUT2D eigenvalue weighted by Crippen LogP contribution is 2.31. The number of ether oxygens (including phenoxy) is 1. The maximum atomic E-state index is 5.41. The van der Waals surface area contributed by atoms with Gasteiger partial charge in [0.1, 0.15) is 5.75 Å². The van der Waals surface area contributed by atoms with Crippen molar-refractivity contribution in [3.05, 3.63) is 70.8 Å². The number of benzene rings is 2. The average molecular weight is 343 g/mol. The summed E-state index contributed by atoms with van der Waals surface area (Å²) < 4.78 is 8.36. The average Bonchev–Trinajstić information content (AvgIpc) is 2.96. The number of nitrogens with zero attached hydrogens (tertiary/aromatic N) is 2. The maximum absolute atomic E-state index is 5.41. The van der Waals surface area contributed by atoms with Crippen molar-refractivity contribution < 1.29 is 4.74 Å². The van der Waals surface area contributed by atoms with Crippen molar-refractivity contribution in [3.8, 4) is 17.0 Å². The number of rotatable bonds is 4. The molecule has 0 saturated heterocycles. The van der Waals surface area contributed by atoms with Crippen molar-refractivity contribution in [2.24, 2.45) is 0 Å². The van der Waals surface area contributed by atoms with E-state index in [-0.39, 0.29) is 0 Å². The van der Waals surface area contributed by atoms with Gasteiger partial charge in [0.15, 0.2) is 0 Å². The van der Waals surface area contributed by atoms with E-state index in [4.69, 9.17) is 4.74 Å². The minimum absolute atomic E-state index is 0.761. The van der Waals surface area contributed by atoms with Gasteiger partial charge in [-0.1, -0.05) is 46.3 Å². The second-order valence-electron chi connectivity index (χ2n) is 4.73. The lowest BCUT2D eigenvalue weighted by Crippen LogP contribution is -2.00. The Morgan fingerprint density at radius 3 is 2.67 bits per heavy atom. The zero-order valence-corrected chi connectivity index (χ0v) is 13.2. The van der Waals surface area contributed by atoms with Crippen LogP contribution in [0, 0.1) is 0 Å². The van der Waals surface area contributed by atoms with Crippen molar-refractivity contribution in [1.82, 2.24) is 9.78 Å². The molecule has 0 unspecified atom stereocenters. The lowest BCUT2D eigenvalue weighted by Gasteiger charge is -2.07. The molecule has 1 heterocycles. The number of methoxy groups -OCH3 is 1. The molecule has 0 aliphatic rings. The van der Waals surface area contributed by atoms with Gasteiger partial charge in [-0.3, -0.25) is 4.68 Å². The molecule has 0 aliphatic carbocycles. The van der Waals surface area contributed by atoms with E-state index in [0.717, 1.165) is 28.0 Å². The molecule has 0 amide bonds. The molecule has 3 aromatic rings. The number of aromatic nitrogens is 2. The first-order valence-electron chi connectivity index (χ1n) is 6.67. The molecule has 2 aromatic carbocycles. The fraction of sp³-hybridized carbons (Fsp3) is 0.118. The quantitative estimate of drug-likeness (QED) is 0.703. The van der Waals surface area contributed by atoms with Gasteiger partial charge >= 0.3 is 0 Å². The van der Waals surface area contributed by atoms with Gasteiger partial charge in [0, 0.05) is 16.2 Å². The molecule has 106 valence electrons. The molecular formula is C17H15BrN2O. The lowest BCUT2D eigenvalue weighted by molar-refractivity contribution is 0.416. The van der Waals surface area contributed by atoms with Crippen LogP contribution in [0.15, 0.2) is 65.3 Å². The molecule has 4 heteroatoms. The molecule has 0 aliphatic heterocycles. The van der Waals surface area contributed by atoms with Crippen molar-refractivity contribution in [3.63, 3.8) is 0 Å². The number of halogens is 1. The molecule has 0 bridgehead atoms. The normalized spacial score (nSPS) is 10.6. The fourth-order valence-electron chi connectivity index (χ4n) is 2.24. The van der Waals surface area contributed by atoms with E-state index in [9.17, 15) is 0 Å². The molecule has 0 saturated carbocycles. The van der Waals surface area contributed by atoms with Crippen LogP contribution in [0.3, 0.4) is 0 Å². The van der Waals surface area contributed by atoms with Gasteiger partial charge in [-0.15, -0.1) is 0 Å². The number of hydrogen-bond donors (Lipinski definition) is 0. The van der Waals surface area contributed by atoms with Crippen molar-refractivity contribution in [2.75, 3.05) is 7.11 Å². The van der Waals surface area contributed by atoms with Crippen molar-refractivity contribution >= 4 is 15.9 Å². The van der Waals surface area contributed by atoms with Crippen LogP contribution in [0.4, 0.5) is 0 Å². The molecule has 0 fully saturated rings. The van der Waals surface area contributed by atoms with Gasteiger partial charge in [0.05, 0.1) is 19.3 Å². The number of hydrogen-bond acceptors (Lipinski definition) is 2. The standard InChI is InChI=1S/C17H15BrN2O/c1-21-17-8-7-14(18)11-15(17)16-9-10-20(19-16)12-13-5-3-2-4-6-13/h2-11H,12H2,1H3. The van der Waals surface area contributed by atoms with Crippen molar-refractivity contribution in [1.29, 1.82) is 0 Å². The molecule has 0 spiro atoms. The molecule has 21 heavy (non-hydrogen) atoms. The van der Waals surface area contributed by atoms with E-state index in [1.165, 1.54) is 5.56 Å². The topological polar surface area (TPSA) is 27.1 Å². The third kappa shape index (κ3) is 3.16. The lowest BCUT2D eigenvalue weighted by atomic mass is 10.1. The van der Waals surface area contributed by atoms with Gasteiger partial charge in [-0.25, -0.2) is 0 Å². The van der Waals surface area contributed by atoms with E-state index in [1.807, 2.05) is 53.3 Å². The molecule has 0 radical (unpaired) electrons. The first kappa shape index (κ1) is 13.9. The summed E-state index contributed by atoms with van der Waals surface area (Å²) in [5.41, 5.74) is 3.12. The highest BCUT2D eigenvalue weighted by Gasteiger charge is 2.09. The van der Waals surface area contributed by atoms with Crippen LogP contribution in [-0.4, -0.2) is 16.9 Å². The molecule has 0 atom stereocenters. The Bertz CT molecular complexity index is 738. The van der Waals surface area contributed by atoms with Crippen LogP contribution in [0.1, 0.15) is 5.56 Å². The summed E-state index contributed by atoms with van der Waals surface area (Å²) in [7, 11) is 1.67. The molecule has 3 rings (SSSR count). The predicted octanol–water partition coefficient (Wildman–Crippen LogP) is 4.37. The highest BCUT2D eigenvalue weighted by molar-refractivity contribution is 9.10. The summed E-state index contributed by atoms with van der Waals surface area (Å²) in [4.78, 5) is 0. The van der Waals surface area contributed by atoms with Gasteiger partial charge in [-0.2, -0.15) is 5.10 Å². The van der Waals surface area contributed by atoms with Crippen LogP contribution >= 0.6 is 15.9 Å². The Labute approximate surface area is 132 Å². The van der Waals surface area contributed by atoms with Crippen LogP contribution < -0.4 is 4.74 Å². The second-order valence-corrected chi connectivity index (χ2v) is 5.64. The van der Waals surface area contributed by atoms with Crippen molar-refractivity contribution in [2.45, 2.75) is 6.54 Å². The van der Waals surface area contributed by atoms with Crippen LogP contribution in [0.25, 0.3) is 11.3 Å². The molecule has 1 aromatic heterocycles. The zero-order chi connectivity index (χ0) is 14.7. The zero-order valence-electron chi connectivity index (χ0n) is 11.7. The van der Waals surface area contributed by atoms with Gasteiger partial charge in [-0.05, 0) is 29.8 Å². The summed E-state index contributed by atoms with van der Waals surface area (Å²) in [6.07, 6.45) is 1.99. The fourth-order valence-corrected chi connectivity index (χ4v) is 2.61. The maximum Gasteiger partial charge on any atom is 0.128 e. The summed E-state index contributed by atoms with van der Waals surface area (Å²) >= 11 is 3.49. The third-order valence-corrected chi connectivity index (χ3v) is 3.76. The molecule has 3 nitrogen and oxygen atoms in total. The Kier molecular flexibility index (Phi) is 4.06. The SMILES string of the molecule is COc1ccc(Br)cc1-c1ccn(Cc2ccccc2)n1. The third-order valence-electron chi connectivity index (χ3n) is 3.27. The van der Waals surface area contributed by atoms with E-state index < -0.39 is 0 Å². The minimum atomic E-state index is 0.761. The summed E-state index contributed by atoms with van der Waals surface area (Å²) in [5.74, 6) is 0.822. The second kappa shape index (κ2) is 6.14. The van der Waals surface area contributed by atoms with Gasteiger partial charge in [0.2, 0.25) is 0 Å². The summed E-state index contributed by atoms with van der Waals surface area (Å²) in [5, 5.41) is 4.64. The Morgan fingerprint density at radius 2 is 1.90 bits per heavy atom. The summed E-state index contributed by atoms with van der Waals surface area (Å²) in [6, 6.07) is 18.2. The van der Waals surface area contributed by atoms with E-state index in [2.05, 4.69) is 33.2 Å². The first-order valence-corrected chi connectivity index (χ1v) is 7.47. The van der Waals surface area contributed by atoms with Gasteiger partial charge < -0.3 is 4.74 Å². The minimum Gasteiger partial charge on any atom is -0.496 e.